The number of nitrogens with zero attached hydrogens (tertiary/aromatic N) is 6. The molecule has 0 N–H and O–H groups in total. The van der Waals surface area contributed by atoms with Gasteiger partial charge in [-0.25, -0.2) is 4.68 Å². The summed E-state index contributed by atoms with van der Waals surface area (Å²) in [5.74, 6) is 0.973. The van der Waals surface area contributed by atoms with Crippen molar-refractivity contribution in [3.63, 3.8) is 0 Å². The molecule has 0 saturated heterocycles. The van der Waals surface area contributed by atoms with Crippen LogP contribution in [0.1, 0.15) is 81.6 Å². The summed E-state index contributed by atoms with van der Waals surface area (Å²) in [5, 5.41) is 21.7. The van der Waals surface area contributed by atoms with E-state index in [1.165, 1.54) is 24.2 Å². The first kappa shape index (κ1) is 25.5. The van der Waals surface area contributed by atoms with Crippen LogP contribution >= 0.6 is 0 Å². The predicted octanol–water partition coefficient (Wildman–Crippen LogP) is 3.37. The van der Waals surface area contributed by atoms with Gasteiger partial charge >= 0.3 is 0 Å². The first-order chi connectivity index (χ1) is 17.5. The third-order valence-corrected chi connectivity index (χ3v) is 6.68. The second-order valence-electron chi connectivity index (χ2n) is 9.21. The van der Waals surface area contributed by atoms with Gasteiger partial charge in [-0.15, -0.1) is 15.2 Å². The van der Waals surface area contributed by atoms with Crippen LogP contribution in [0.25, 0.3) is 0 Å². The van der Waals surface area contributed by atoms with Crippen LogP contribution in [0, 0.1) is 10.1 Å². The predicted molar refractivity (Wildman–Crippen MR) is 128 cm³/mol. The summed E-state index contributed by atoms with van der Waals surface area (Å²) >= 11 is 0. The number of carbonyl (C=O) groups is 2. The summed E-state index contributed by atoms with van der Waals surface area (Å²) in [5.41, 5.74) is 1.42. The molecule has 1 saturated carbocycles. The van der Waals surface area contributed by atoms with Gasteiger partial charge in [0.15, 0.2) is 5.82 Å². The molecule has 2 aromatic rings. The molecule has 1 aliphatic carbocycles. The molecular formula is C24H32N6O6. The van der Waals surface area contributed by atoms with Crippen LogP contribution in [0.15, 0.2) is 18.2 Å². The highest BCUT2D eigenvalue weighted by Crippen LogP contribution is 2.32. The fraction of sp³-hybridized carbons (Fsp3) is 0.625. The van der Waals surface area contributed by atoms with E-state index < -0.39 is 11.0 Å². The molecule has 0 spiro atoms. The fourth-order valence-corrected chi connectivity index (χ4v) is 4.87. The number of carbonyl (C=O) groups excluding carboxylic acids is 2. The number of aryl methyl sites for hydroxylation is 2. The summed E-state index contributed by atoms with van der Waals surface area (Å²) < 4.78 is 7.94. The first-order valence-corrected chi connectivity index (χ1v) is 12.7. The van der Waals surface area contributed by atoms with Crippen LogP contribution in [0.4, 0.5) is 5.69 Å². The molecule has 1 aromatic carbocycles. The van der Waals surface area contributed by atoms with Gasteiger partial charge in [-0.1, -0.05) is 19.3 Å². The lowest BCUT2D eigenvalue weighted by Crippen LogP contribution is -2.40. The van der Waals surface area contributed by atoms with Crippen molar-refractivity contribution < 1.29 is 24.3 Å². The average molecular weight is 501 g/mol. The smallest absolute Gasteiger partial charge is 0.294 e. The Morgan fingerprint density at radius 2 is 1.94 bits per heavy atom. The Labute approximate surface area is 209 Å². The van der Waals surface area contributed by atoms with Crippen LogP contribution in [-0.2, 0) is 27.3 Å². The number of fused-ring (bicyclic) bond motifs is 1. The fourth-order valence-electron chi connectivity index (χ4n) is 4.87. The monoisotopic (exact) mass is 500 g/mol. The van der Waals surface area contributed by atoms with E-state index in [1.54, 1.807) is 12.1 Å². The molecule has 194 valence electrons. The Morgan fingerprint density at radius 3 is 2.75 bits per heavy atom. The van der Waals surface area contributed by atoms with Gasteiger partial charge in [0.05, 0.1) is 24.9 Å². The lowest BCUT2D eigenvalue weighted by atomic mass is 9.95. The van der Waals surface area contributed by atoms with Crippen molar-refractivity contribution in [1.82, 2.24) is 20.2 Å². The highest BCUT2D eigenvalue weighted by atomic mass is 16.9. The molecule has 0 bridgehead atoms. The van der Waals surface area contributed by atoms with Gasteiger partial charge in [-0.3, -0.25) is 14.5 Å². The van der Waals surface area contributed by atoms with E-state index in [4.69, 9.17) is 4.74 Å². The van der Waals surface area contributed by atoms with Crippen LogP contribution in [0.2, 0.25) is 0 Å². The van der Waals surface area contributed by atoms with Gasteiger partial charge in [-0.05, 0) is 72.7 Å². The van der Waals surface area contributed by atoms with Crippen LogP contribution in [0.3, 0.4) is 0 Å². The van der Waals surface area contributed by atoms with Crippen molar-refractivity contribution in [3.8, 4) is 5.75 Å². The third-order valence-electron chi connectivity index (χ3n) is 6.68. The Morgan fingerprint density at radius 1 is 1.11 bits per heavy atom. The number of aromatic nitrogens is 4. The van der Waals surface area contributed by atoms with E-state index in [-0.39, 0.29) is 31.8 Å². The second kappa shape index (κ2) is 12.4. The summed E-state index contributed by atoms with van der Waals surface area (Å²) in [6, 6.07) is 5.78. The maximum atomic E-state index is 12.6. The number of hydrogen-bond donors (Lipinski definition) is 0. The molecule has 0 unspecified atom stereocenters. The van der Waals surface area contributed by atoms with E-state index in [9.17, 15) is 19.7 Å². The molecule has 1 aliphatic heterocycles. The zero-order valence-electron chi connectivity index (χ0n) is 20.3. The number of imide groups is 1. The molecule has 2 heterocycles. The SMILES string of the molecule is O=C(CCCO[N+](=O)[O-])N1C(=O)CCc2cc(OCCCCc3nnnn3C3CCCCC3)ccc21. The Balaban J connectivity index is 1.25. The van der Waals surface area contributed by atoms with Crippen molar-refractivity contribution in [2.24, 2.45) is 0 Å². The molecule has 2 amide bonds. The molecule has 12 heteroatoms. The summed E-state index contributed by atoms with van der Waals surface area (Å²) in [6.45, 7) is 0.359. The quantitative estimate of drug-likeness (QED) is 0.243. The number of amides is 2. The molecule has 4 rings (SSSR count). The van der Waals surface area contributed by atoms with Crippen LogP contribution in [-0.4, -0.2) is 50.3 Å². The van der Waals surface area contributed by atoms with Gasteiger partial charge in [0.1, 0.15) is 5.75 Å². The number of rotatable bonds is 12. The number of ether oxygens (including phenoxy) is 1. The minimum Gasteiger partial charge on any atom is -0.494 e. The van der Waals surface area contributed by atoms with Gasteiger partial charge < -0.3 is 9.57 Å². The summed E-state index contributed by atoms with van der Waals surface area (Å²) in [7, 11) is 0. The van der Waals surface area contributed by atoms with E-state index >= 15 is 0 Å². The highest BCUT2D eigenvalue weighted by molar-refractivity contribution is 6.16. The maximum Gasteiger partial charge on any atom is 0.294 e. The number of benzene rings is 1. The molecule has 0 radical (unpaired) electrons. The zero-order valence-corrected chi connectivity index (χ0v) is 20.3. The van der Waals surface area contributed by atoms with Crippen molar-refractivity contribution in [3.05, 3.63) is 39.7 Å². The molecule has 1 aromatic heterocycles. The van der Waals surface area contributed by atoms with Crippen molar-refractivity contribution in [2.45, 2.75) is 83.1 Å². The van der Waals surface area contributed by atoms with E-state index in [1.807, 2.05) is 10.7 Å². The van der Waals surface area contributed by atoms with Gasteiger partial charge in [0.2, 0.25) is 11.8 Å². The molecular weight excluding hydrogens is 468 g/mol. The zero-order chi connectivity index (χ0) is 25.3. The average Bonchev–Trinajstić information content (AvgIpc) is 3.35. The minimum atomic E-state index is -0.895. The highest BCUT2D eigenvalue weighted by Gasteiger charge is 2.29. The third kappa shape index (κ3) is 6.55. The van der Waals surface area contributed by atoms with Gasteiger partial charge in [0, 0.05) is 19.3 Å². The largest absolute Gasteiger partial charge is 0.494 e. The van der Waals surface area contributed by atoms with Crippen LogP contribution in [0.5, 0.6) is 5.75 Å². The van der Waals surface area contributed by atoms with E-state index in [0.717, 1.165) is 43.5 Å². The lowest BCUT2D eigenvalue weighted by Gasteiger charge is -2.28. The number of unbranched alkanes of at least 4 members (excludes halogenated alkanes) is 1. The van der Waals surface area contributed by atoms with Crippen LogP contribution < -0.4 is 9.64 Å². The maximum absolute atomic E-state index is 12.6. The molecule has 2 aliphatic rings. The number of hydrogen-bond acceptors (Lipinski definition) is 9. The van der Waals surface area contributed by atoms with Gasteiger partial charge in [0.25, 0.3) is 5.09 Å². The summed E-state index contributed by atoms with van der Waals surface area (Å²) in [6.07, 6.45) is 9.52. The van der Waals surface area contributed by atoms with Crippen molar-refractivity contribution >= 4 is 17.5 Å². The second-order valence-corrected chi connectivity index (χ2v) is 9.21. The van der Waals surface area contributed by atoms with E-state index in [2.05, 4.69) is 20.4 Å². The standard InChI is InChI=1S/C24H32N6O6/c31-23(10-6-16-36-30(33)34)28-21-13-12-20(17-18(21)11-14-24(28)32)35-15-5-4-9-22-25-26-27-29(22)19-7-2-1-3-8-19/h12-13,17,19H,1-11,14-16H2. The van der Waals surface area contributed by atoms with Crippen molar-refractivity contribution in [1.29, 1.82) is 0 Å². The molecule has 36 heavy (non-hydrogen) atoms. The topological polar surface area (TPSA) is 143 Å². The number of anilines is 1. The molecule has 0 atom stereocenters. The Hall–Kier alpha value is -3.57. The Kier molecular flexibility index (Phi) is 8.80. The molecule has 1 fully saturated rings. The lowest BCUT2D eigenvalue weighted by molar-refractivity contribution is -0.757. The van der Waals surface area contributed by atoms with Gasteiger partial charge in [-0.2, -0.15) is 0 Å². The van der Waals surface area contributed by atoms with E-state index in [0.29, 0.717) is 30.5 Å². The normalized spacial score (nSPS) is 16.0. The van der Waals surface area contributed by atoms with Crippen molar-refractivity contribution in [2.75, 3.05) is 18.1 Å². The Bertz CT molecular complexity index is 1070. The summed E-state index contributed by atoms with van der Waals surface area (Å²) in [4.78, 5) is 40.7. The first-order valence-electron chi connectivity index (χ1n) is 12.7. The molecule has 12 nitrogen and oxygen atoms in total. The number of tetrazole rings is 1. The minimum absolute atomic E-state index is 0.0126.